The van der Waals surface area contributed by atoms with Gasteiger partial charge in [0, 0.05) is 18.7 Å². The van der Waals surface area contributed by atoms with E-state index in [0.29, 0.717) is 18.2 Å². The molecule has 0 unspecified atom stereocenters. The number of thiazole rings is 1. The van der Waals surface area contributed by atoms with Crippen LogP contribution in [0.5, 0.6) is 0 Å². The number of nitrogens with zero attached hydrogens (tertiary/aromatic N) is 3. The smallest absolute Gasteiger partial charge is 0.191 e. The van der Waals surface area contributed by atoms with Gasteiger partial charge in [-0.25, -0.2) is 15.0 Å². The molecule has 2 rings (SSSR count). The lowest BCUT2D eigenvalue weighted by Crippen LogP contribution is -2.05. The van der Waals surface area contributed by atoms with E-state index in [1.54, 1.807) is 13.3 Å². The Kier molecular flexibility index (Phi) is 3.66. The molecule has 0 aromatic carbocycles. The summed E-state index contributed by atoms with van der Waals surface area (Å²) >= 11 is 3.60. The van der Waals surface area contributed by atoms with Crippen molar-refractivity contribution in [2.45, 2.75) is 6.61 Å². The third-order valence-electron chi connectivity index (χ3n) is 1.85. The van der Waals surface area contributed by atoms with Crippen molar-refractivity contribution in [2.75, 3.05) is 12.8 Å². The number of halogens is 1. The SMILES string of the molecule is COCc1nc(-c2nccs2)nc(N)c1I. The van der Waals surface area contributed by atoms with Crippen LogP contribution in [0.2, 0.25) is 0 Å². The average molecular weight is 348 g/mol. The van der Waals surface area contributed by atoms with E-state index in [4.69, 9.17) is 10.5 Å². The monoisotopic (exact) mass is 348 g/mol. The van der Waals surface area contributed by atoms with Crippen LogP contribution in [0.3, 0.4) is 0 Å². The van der Waals surface area contributed by atoms with Crippen molar-refractivity contribution >= 4 is 39.7 Å². The van der Waals surface area contributed by atoms with Crippen LogP contribution in [-0.4, -0.2) is 22.1 Å². The Bertz CT molecular complexity index is 489. The summed E-state index contributed by atoms with van der Waals surface area (Å²) < 4.78 is 5.90. The van der Waals surface area contributed by atoms with Crippen molar-refractivity contribution in [3.63, 3.8) is 0 Å². The minimum atomic E-state index is 0.420. The molecule has 2 N–H and O–H groups in total. The molecule has 0 radical (unpaired) electrons. The summed E-state index contributed by atoms with van der Waals surface area (Å²) in [5.41, 5.74) is 6.61. The fourth-order valence-corrected chi connectivity index (χ4v) is 2.14. The van der Waals surface area contributed by atoms with Gasteiger partial charge >= 0.3 is 0 Å². The third-order valence-corrected chi connectivity index (χ3v) is 3.79. The first-order valence-corrected chi connectivity index (χ1v) is 6.39. The first-order chi connectivity index (χ1) is 7.72. The van der Waals surface area contributed by atoms with Crippen LogP contribution in [0.15, 0.2) is 11.6 Å². The molecular weight excluding hydrogens is 339 g/mol. The standard InChI is InChI=1S/C9H9IN4OS/c1-15-4-5-6(10)7(11)14-8(13-5)9-12-2-3-16-9/h2-3H,4H2,1H3,(H2,11,13,14). The third kappa shape index (κ3) is 2.30. The van der Waals surface area contributed by atoms with E-state index in [2.05, 4.69) is 37.5 Å². The summed E-state index contributed by atoms with van der Waals surface area (Å²) in [5.74, 6) is 1.02. The molecule has 0 atom stereocenters. The number of methoxy groups -OCH3 is 1. The van der Waals surface area contributed by atoms with Crippen molar-refractivity contribution in [1.82, 2.24) is 15.0 Å². The fraction of sp³-hybridized carbons (Fsp3) is 0.222. The van der Waals surface area contributed by atoms with Crippen LogP contribution in [-0.2, 0) is 11.3 Å². The molecule has 0 spiro atoms. The minimum absolute atomic E-state index is 0.420. The molecule has 0 aliphatic rings. The second-order valence-electron chi connectivity index (χ2n) is 2.96. The van der Waals surface area contributed by atoms with E-state index >= 15 is 0 Å². The fourth-order valence-electron chi connectivity index (χ4n) is 1.17. The molecule has 0 saturated heterocycles. The highest BCUT2D eigenvalue weighted by atomic mass is 127. The molecule has 0 aliphatic carbocycles. The van der Waals surface area contributed by atoms with Crippen LogP contribution in [0.4, 0.5) is 5.82 Å². The minimum Gasteiger partial charge on any atom is -0.383 e. The number of anilines is 1. The highest BCUT2D eigenvalue weighted by Gasteiger charge is 2.12. The molecular formula is C9H9IN4OS. The number of nitrogen functional groups attached to an aromatic ring is 1. The summed E-state index contributed by atoms with van der Waals surface area (Å²) in [7, 11) is 1.62. The van der Waals surface area contributed by atoms with Crippen LogP contribution in [0, 0.1) is 3.57 Å². The lowest BCUT2D eigenvalue weighted by atomic mass is 10.4. The molecule has 0 saturated carbocycles. The van der Waals surface area contributed by atoms with Crippen molar-refractivity contribution in [1.29, 1.82) is 0 Å². The summed E-state index contributed by atoms with van der Waals surface area (Å²) in [6, 6.07) is 0. The van der Waals surface area contributed by atoms with Gasteiger partial charge in [-0.1, -0.05) is 0 Å². The van der Waals surface area contributed by atoms with Gasteiger partial charge in [-0.2, -0.15) is 0 Å². The van der Waals surface area contributed by atoms with Gasteiger partial charge in [0.25, 0.3) is 0 Å². The molecule has 2 aromatic rings. The van der Waals surface area contributed by atoms with Crippen LogP contribution in [0.25, 0.3) is 10.8 Å². The van der Waals surface area contributed by atoms with E-state index in [9.17, 15) is 0 Å². The van der Waals surface area contributed by atoms with E-state index in [0.717, 1.165) is 14.3 Å². The zero-order valence-corrected chi connectivity index (χ0v) is 11.4. The number of ether oxygens (including phenoxy) is 1. The Hall–Kier alpha value is -0.800. The summed E-state index contributed by atoms with van der Waals surface area (Å²) in [5, 5.41) is 2.64. The molecule has 2 heterocycles. The predicted molar refractivity (Wildman–Crippen MR) is 71.0 cm³/mol. The Labute approximate surface area is 110 Å². The zero-order valence-electron chi connectivity index (χ0n) is 8.48. The second-order valence-corrected chi connectivity index (χ2v) is 4.94. The van der Waals surface area contributed by atoms with Gasteiger partial charge < -0.3 is 10.5 Å². The maximum atomic E-state index is 5.82. The molecule has 0 aliphatic heterocycles. The molecule has 84 valence electrons. The first-order valence-electron chi connectivity index (χ1n) is 4.43. The van der Waals surface area contributed by atoms with Gasteiger partial charge in [-0.05, 0) is 22.6 Å². The maximum Gasteiger partial charge on any atom is 0.191 e. The van der Waals surface area contributed by atoms with E-state index in [1.807, 2.05) is 5.38 Å². The first kappa shape index (κ1) is 11.7. The van der Waals surface area contributed by atoms with Gasteiger partial charge in [0.2, 0.25) is 0 Å². The summed E-state index contributed by atoms with van der Waals surface area (Å²) in [6.45, 7) is 0.420. The van der Waals surface area contributed by atoms with Crippen LogP contribution in [0.1, 0.15) is 5.69 Å². The lowest BCUT2D eigenvalue weighted by molar-refractivity contribution is 0.181. The molecule has 2 aromatic heterocycles. The largest absolute Gasteiger partial charge is 0.383 e. The molecule has 0 fully saturated rings. The van der Waals surface area contributed by atoms with Gasteiger partial charge in [0.15, 0.2) is 10.8 Å². The van der Waals surface area contributed by atoms with Crippen molar-refractivity contribution < 1.29 is 4.74 Å². The van der Waals surface area contributed by atoms with Crippen LogP contribution >= 0.6 is 33.9 Å². The summed E-state index contributed by atoms with van der Waals surface area (Å²) in [6.07, 6.45) is 1.72. The quantitative estimate of drug-likeness (QED) is 0.858. The highest BCUT2D eigenvalue weighted by Crippen LogP contribution is 2.23. The normalized spacial score (nSPS) is 10.6. The van der Waals surface area contributed by atoms with Crippen LogP contribution < -0.4 is 5.73 Å². The maximum absolute atomic E-state index is 5.82. The van der Waals surface area contributed by atoms with E-state index in [-0.39, 0.29) is 0 Å². The Morgan fingerprint density at radius 3 is 2.94 bits per heavy atom. The molecule has 5 nitrogen and oxygen atoms in total. The van der Waals surface area contributed by atoms with E-state index in [1.165, 1.54) is 11.3 Å². The second kappa shape index (κ2) is 5.02. The molecule has 7 heteroatoms. The molecule has 16 heavy (non-hydrogen) atoms. The Morgan fingerprint density at radius 1 is 1.50 bits per heavy atom. The van der Waals surface area contributed by atoms with E-state index < -0.39 is 0 Å². The predicted octanol–water partition coefficient (Wildman–Crippen LogP) is 1.93. The molecule has 0 bridgehead atoms. The Morgan fingerprint density at radius 2 is 2.31 bits per heavy atom. The molecule has 0 amide bonds. The topological polar surface area (TPSA) is 73.9 Å². The van der Waals surface area contributed by atoms with Crippen molar-refractivity contribution in [3.05, 3.63) is 20.8 Å². The number of hydrogen-bond acceptors (Lipinski definition) is 6. The van der Waals surface area contributed by atoms with Gasteiger partial charge in [-0.3, -0.25) is 0 Å². The van der Waals surface area contributed by atoms with Gasteiger partial charge in [0.05, 0.1) is 15.9 Å². The van der Waals surface area contributed by atoms with Crippen molar-refractivity contribution in [3.8, 4) is 10.8 Å². The summed E-state index contributed by atoms with van der Waals surface area (Å²) in [4.78, 5) is 12.8. The number of nitrogens with two attached hydrogens (primary N) is 1. The zero-order chi connectivity index (χ0) is 11.5. The van der Waals surface area contributed by atoms with Gasteiger partial charge in [-0.15, -0.1) is 11.3 Å². The number of hydrogen-bond donors (Lipinski definition) is 1. The van der Waals surface area contributed by atoms with Crippen molar-refractivity contribution in [2.24, 2.45) is 0 Å². The highest BCUT2D eigenvalue weighted by molar-refractivity contribution is 14.1. The Balaban J connectivity index is 2.48. The lowest BCUT2D eigenvalue weighted by Gasteiger charge is -2.06. The number of aromatic nitrogens is 3. The van der Waals surface area contributed by atoms with Gasteiger partial charge in [0.1, 0.15) is 5.82 Å². The average Bonchev–Trinajstić information content (AvgIpc) is 2.78. The number of rotatable bonds is 3.